The Kier molecular flexibility index (Phi) is 9.86. The Morgan fingerprint density at radius 1 is 0.600 bits per heavy atom. The van der Waals surface area contributed by atoms with E-state index in [1.54, 1.807) is 0 Å². The predicted molar refractivity (Wildman–Crippen MR) is 90.9 cm³/mol. The average Bonchev–Trinajstić information content (AvgIpc) is 2.55. The lowest BCUT2D eigenvalue weighted by Gasteiger charge is -2.39. The molecule has 0 saturated carbocycles. The molecule has 0 heterocycles. The van der Waals surface area contributed by atoms with Crippen LogP contribution in [0.1, 0.15) is 51.9 Å². The van der Waals surface area contributed by atoms with Gasteiger partial charge in [-0.2, -0.15) is 57.1 Å². The van der Waals surface area contributed by atoms with Crippen molar-refractivity contribution in [3.8, 4) is 0 Å². The Morgan fingerprint density at radius 3 is 1.43 bits per heavy atom. The van der Waals surface area contributed by atoms with Crippen molar-refractivity contribution in [3.05, 3.63) is 9.66 Å². The fraction of sp³-hybridized carbons (Fsp3) is 0.875. The van der Waals surface area contributed by atoms with Gasteiger partial charge in [-0.25, -0.2) is 0 Å². The van der Waals surface area contributed by atoms with Crippen LogP contribution in [0.15, 0.2) is 9.66 Å². The lowest BCUT2D eigenvalue weighted by atomic mass is 9.93. The first-order valence-electron chi connectivity index (χ1n) is 8.53. The van der Waals surface area contributed by atoms with Crippen molar-refractivity contribution in [3.63, 3.8) is 0 Å². The van der Waals surface area contributed by atoms with Crippen molar-refractivity contribution in [2.45, 2.75) is 87.7 Å². The summed E-state index contributed by atoms with van der Waals surface area (Å²) in [6, 6.07) is 0. The molecule has 0 unspecified atom stereocenters. The van der Waals surface area contributed by atoms with E-state index in [1.807, 2.05) is 6.92 Å². The zero-order valence-electron chi connectivity index (χ0n) is 15.3. The molecule has 0 aromatic rings. The van der Waals surface area contributed by atoms with Crippen LogP contribution in [0.25, 0.3) is 0 Å². The first kappa shape index (κ1) is 29.6. The molecule has 0 nitrogen and oxygen atoms in total. The van der Waals surface area contributed by atoms with Gasteiger partial charge in [0.1, 0.15) is 0 Å². The van der Waals surface area contributed by atoms with Gasteiger partial charge in [-0.1, -0.05) is 39.0 Å². The molecule has 0 atom stereocenters. The van der Waals surface area contributed by atoms with Crippen molar-refractivity contribution in [1.82, 2.24) is 0 Å². The lowest BCUT2D eigenvalue weighted by Crippen LogP contribution is -2.69. The van der Waals surface area contributed by atoms with Crippen LogP contribution in [-0.2, 0) is 0 Å². The van der Waals surface area contributed by atoms with Crippen LogP contribution in [0.3, 0.4) is 0 Å². The molecule has 0 aliphatic carbocycles. The fourth-order valence-corrected chi connectivity index (χ4v) is 2.99. The molecule has 0 amide bonds. The van der Waals surface area contributed by atoms with E-state index in [9.17, 15) is 57.1 Å². The molecule has 0 fully saturated rings. The summed E-state index contributed by atoms with van der Waals surface area (Å²) >= 11 is 1.04. The van der Waals surface area contributed by atoms with E-state index in [0.717, 1.165) is 41.9 Å². The summed E-state index contributed by atoms with van der Waals surface area (Å²) in [5.41, 5.74) is 0. The Balaban J connectivity index is 5.64. The van der Waals surface area contributed by atoms with Crippen LogP contribution in [0.4, 0.5) is 57.1 Å². The highest BCUT2D eigenvalue weighted by Crippen LogP contribution is 2.60. The maximum Gasteiger partial charge on any atom is 0.460 e. The van der Waals surface area contributed by atoms with Crippen LogP contribution in [-0.4, -0.2) is 35.8 Å². The average molecular weight is 584 g/mol. The van der Waals surface area contributed by atoms with Gasteiger partial charge in [0, 0.05) is 6.08 Å². The summed E-state index contributed by atoms with van der Waals surface area (Å²) in [4.78, 5) is 0. The molecule has 30 heavy (non-hydrogen) atoms. The summed E-state index contributed by atoms with van der Waals surface area (Å²) in [7, 11) is 0. The minimum absolute atomic E-state index is 0.152. The topological polar surface area (TPSA) is 0 Å². The van der Waals surface area contributed by atoms with Gasteiger partial charge in [0.2, 0.25) is 0 Å². The summed E-state index contributed by atoms with van der Waals surface area (Å²) < 4.78 is 168. The molecule has 0 aliphatic rings. The number of unbranched alkanes of at least 4 members (excludes halogenated alkanes) is 5. The number of alkyl halides is 13. The summed E-state index contributed by atoms with van der Waals surface area (Å²) in [6.45, 7) is 1.91. The molecule has 0 spiro atoms. The Hall–Kier alpha value is -0.440. The second kappa shape index (κ2) is 10.0. The Labute approximate surface area is 177 Å². The smallest absolute Gasteiger partial charge is 0.195 e. The molecule has 0 aromatic carbocycles. The minimum Gasteiger partial charge on any atom is -0.195 e. The SMILES string of the molecule is CCCCCCCC/C(I)=C/C(F)(F)C(F)(F)C(F)(F)C(F)(F)C(F)(F)C(F)(F)F. The monoisotopic (exact) mass is 584 g/mol. The van der Waals surface area contributed by atoms with Gasteiger partial charge in [0.15, 0.2) is 0 Å². The van der Waals surface area contributed by atoms with Crippen LogP contribution < -0.4 is 0 Å². The molecule has 0 bridgehead atoms. The van der Waals surface area contributed by atoms with Gasteiger partial charge in [-0.05, 0) is 39.0 Å². The Morgan fingerprint density at radius 2 is 1.00 bits per heavy atom. The van der Waals surface area contributed by atoms with E-state index in [0.29, 0.717) is 12.8 Å². The van der Waals surface area contributed by atoms with E-state index >= 15 is 0 Å². The number of hydrogen-bond acceptors (Lipinski definition) is 0. The maximum absolute atomic E-state index is 13.7. The van der Waals surface area contributed by atoms with E-state index in [2.05, 4.69) is 0 Å². The van der Waals surface area contributed by atoms with E-state index in [-0.39, 0.29) is 12.8 Å². The van der Waals surface area contributed by atoms with Gasteiger partial charge in [-0.3, -0.25) is 0 Å². The summed E-state index contributed by atoms with van der Waals surface area (Å²) in [5.74, 6) is -36.7. The van der Waals surface area contributed by atoms with E-state index < -0.39 is 45.4 Å². The molecule has 0 aromatic heterocycles. The van der Waals surface area contributed by atoms with Crippen molar-refractivity contribution < 1.29 is 57.1 Å². The molecule has 0 radical (unpaired) electrons. The normalized spacial score (nSPS) is 15.6. The number of hydrogen-bond donors (Lipinski definition) is 0. The zero-order valence-corrected chi connectivity index (χ0v) is 17.5. The lowest BCUT2D eigenvalue weighted by molar-refractivity contribution is -0.436. The second-order valence-corrected chi connectivity index (χ2v) is 7.91. The third kappa shape index (κ3) is 5.87. The third-order valence-corrected chi connectivity index (χ3v) is 4.92. The molecular weight excluding hydrogens is 566 g/mol. The summed E-state index contributed by atoms with van der Waals surface area (Å²) in [6.07, 6.45) is -4.73. The van der Waals surface area contributed by atoms with Gasteiger partial charge in [-0.15, -0.1) is 0 Å². The van der Waals surface area contributed by atoms with Gasteiger partial charge >= 0.3 is 35.8 Å². The molecule has 14 heteroatoms. The largest absolute Gasteiger partial charge is 0.460 e. The van der Waals surface area contributed by atoms with Crippen molar-refractivity contribution >= 4 is 22.6 Å². The highest BCUT2D eigenvalue weighted by molar-refractivity contribution is 14.1. The molecule has 0 aliphatic heterocycles. The molecule has 0 N–H and O–H groups in total. The first-order valence-corrected chi connectivity index (χ1v) is 9.61. The Bertz CT molecular complexity index is 578. The predicted octanol–water partition coefficient (Wildman–Crippen LogP) is 8.79. The van der Waals surface area contributed by atoms with E-state index in [4.69, 9.17) is 0 Å². The number of halogens is 14. The third-order valence-electron chi connectivity index (χ3n) is 4.06. The second-order valence-electron chi connectivity index (χ2n) is 6.53. The van der Waals surface area contributed by atoms with Crippen LogP contribution in [0.5, 0.6) is 0 Å². The first-order chi connectivity index (χ1) is 13.2. The summed E-state index contributed by atoms with van der Waals surface area (Å²) in [5, 5.41) is 0. The van der Waals surface area contributed by atoms with Gasteiger partial charge < -0.3 is 0 Å². The van der Waals surface area contributed by atoms with Crippen molar-refractivity contribution in [1.29, 1.82) is 0 Å². The van der Waals surface area contributed by atoms with Crippen molar-refractivity contribution in [2.75, 3.05) is 0 Å². The number of rotatable bonds is 12. The number of allylic oxidation sites excluding steroid dienone is 2. The maximum atomic E-state index is 13.7. The zero-order chi connectivity index (χ0) is 24.2. The van der Waals surface area contributed by atoms with Crippen molar-refractivity contribution in [2.24, 2.45) is 0 Å². The van der Waals surface area contributed by atoms with E-state index in [1.165, 1.54) is 0 Å². The van der Waals surface area contributed by atoms with Crippen LogP contribution in [0, 0.1) is 0 Å². The molecule has 180 valence electrons. The molecule has 0 rings (SSSR count). The molecule has 0 saturated heterocycles. The van der Waals surface area contributed by atoms with Gasteiger partial charge in [0.05, 0.1) is 0 Å². The van der Waals surface area contributed by atoms with Crippen LogP contribution in [0.2, 0.25) is 0 Å². The molecular formula is C16H18F13I. The fourth-order valence-electron chi connectivity index (χ4n) is 2.22. The quantitative estimate of drug-likeness (QED) is 0.122. The minimum atomic E-state index is -7.86. The van der Waals surface area contributed by atoms with Gasteiger partial charge in [0.25, 0.3) is 0 Å². The highest BCUT2D eigenvalue weighted by Gasteiger charge is 2.90. The van der Waals surface area contributed by atoms with Crippen LogP contribution >= 0.6 is 22.6 Å². The standard InChI is InChI=1S/C16H18F13I/c1-2-3-4-5-6-7-8-10(30)9-11(17,18)12(19,20)13(21,22)14(23,24)15(25,26)16(27,28)29/h9H,2-8H2,1H3/b10-9-. The highest BCUT2D eigenvalue weighted by atomic mass is 127.